The van der Waals surface area contributed by atoms with Gasteiger partial charge in [0.1, 0.15) is 0 Å². The van der Waals surface area contributed by atoms with E-state index in [1.54, 1.807) is 6.07 Å². The van der Waals surface area contributed by atoms with Crippen molar-refractivity contribution in [2.24, 2.45) is 5.73 Å². The van der Waals surface area contributed by atoms with Crippen molar-refractivity contribution in [1.82, 2.24) is 0 Å². The maximum atomic E-state index is 13.3. The van der Waals surface area contributed by atoms with E-state index >= 15 is 0 Å². The van der Waals surface area contributed by atoms with E-state index in [9.17, 15) is 8.78 Å². The fraction of sp³-hybridized carbons (Fsp3) is 0.333. The van der Waals surface area contributed by atoms with Crippen LogP contribution in [0.2, 0.25) is 0 Å². The first-order valence-corrected chi connectivity index (χ1v) is 3.89. The van der Waals surface area contributed by atoms with Gasteiger partial charge in [0.05, 0.1) is 12.6 Å². The van der Waals surface area contributed by atoms with Gasteiger partial charge in [-0.3, -0.25) is 0 Å². The highest BCUT2D eigenvalue weighted by molar-refractivity contribution is 5.21. The summed E-state index contributed by atoms with van der Waals surface area (Å²) in [5.74, 6) is -3.17. The minimum Gasteiger partial charge on any atom is -0.395 e. The average molecular weight is 187 g/mol. The first-order chi connectivity index (χ1) is 6.09. The molecular weight excluding hydrogens is 176 g/mol. The second-order valence-corrected chi connectivity index (χ2v) is 2.78. The predicted molar refractivity (Wildman–Crippen MR) is 45.4 cm³/mol. The highest BCUT2D eigenvalue weighted by Crippen LogP contribution is 2.30. The number of halogens is 2. The molecule has 3 N–H and O–H groups in total. The Morgan fingerprint density at radius 3 is 2.31 bits per heavy atom. The lowest BCUT2D eigenvalue weighted by Gasteiger charge is -2.21. The summed E-state index contributed by atoms with van der Waals surface area (Å²) in [6, 6.07) is 5.69. The fourth-order valence-electron chi connectivity index (χ4n) is 0.989. The van der Waals surface area contributed by atoms with Crippen molar-refractivity contribution >= 4 is 0 Å². The molecule has 0 aliphatic carbocycles. The van der Waals surface area contributed by atoms with Gasteiger partial charge in [0.25, 0.3) is 5.92 Å². The Hall–Kier alpha value is -1.00. The number of hydrogen-bond donors (Lipinski definition) is 2. The van der Waals surface area contributed by atoms with Crippen LogP contribution in [0.25, 0.3) is 0 Å². The lowest BCUT2D eigenvalue weighted by Crippen LogP contribution is -2.41. The molecule has 0 amide bonds. The van der Waals surface area contributed by atoms with Crippen LogP contribution in [0.1, 0.15) is 5.56 Å². The van der Waals surface area contributed by atoms with Gasteiger partial charge in [-0.05, 0) is 0 Å². The Morgan fingerprint density at radius 2 is 1.85 bits per heavy atom. The van der Waals surface area contributed by atoms with Crippen LogP contribution >= 0.6 is 0 Å². The van der Waals surface area contributed by atoms with Crippen LogP contribution in [0.4, 0.5) is 8.78 Å². The van der Waals surface area contributed by atoms with Gasteiger partial charge in [0.2, 0.25) is 0 Å². The number of benzene rings is 1. The van der Waals surface area contributed by atoms with Crippen molar-refractivity contribution < 1.29 is 13.9 Å². The molecule has 0 aliphatic heterocycles. The predicted octanol–water partition coefficient (Wildman–Crippen LogP) is 1.10. The molecule has 2 nitrogen and oxygen atoms in total. The first kappa shape index (κ1) is 10.1. The molecule has 0 saturated carbocycles. The lowest BCUT2D eigenvalue weighted by molar-refractivity contribution is -0.0463. The third-order valence-corrected chi connectivity index (χ3v) is 1.82. The Morgan fingerprint density at radius 1 is 1.31 bits per heavy atom. The third-order valence-electron chi connectivity index (χ3n) is 1.82. The second-order valence-electron chi connectivity index (χ2n) is 2.78. The zero-order valence-corrected chi connectivity index (χ0v) is 6.95. The Balaban J connectivity index is 2.93. The van der Waals surface area contributed by atoms with Crippen LogP contribution in [-0.4, -0.2) is 17.8 Å². The highest BCUT2D eigenvalue weighted by Gasteiger charge is 2.38. The summed E-state index contributed by atoms with van der Waals surface area (Å²) in [6.45, 7) is -0.734. The summed E-state index contributed by atoms with van der Waals surface area (Å²) in [5.41, 5.74) is 4.91. The maximum Gasteiger partial charge on any atom is 0.290 e. The summed E-state index contributed by atoms with van der Waals surface area (Å²) in [6.07, 6.45) is 0. The van der Waals surface area contributed by atoms with Gasteiger partial charge in [-0.2, -0.15) is 8.78 Å². The van der Waals surface area contributed by atoms with Gasteiger partial charge >= 0.3 is 0 Å². The minimum absolute atomic E-state index is 0.170. The number of aliphatic hydroxyl groups excluding tert-OH is 1. The largest absolute Gasteiger partial charge is 0.395 e. The summed E-state index contributed by atoms with van der Waals surface area (Å²) >= 11 is 0. The molecule has 13 heavy (non-hydrogen) atoms. The molecule has 72 valence electrons. The summed E-state index contributed by atoms with van der Waals surface area (Å²) in [4.78, 5) is 0. The van der Waals surface area contributed by atoms with E-state index in [1.807, 2.05) is 0 Å². The zero-order chi connectivity index (χ0) is 9.90. The van der Waals surface area contributed by atoms with Crippen LogP contribution in [-0.2, 0) is 5.92 Å². The molecule has 0 saturated heterocycles. The van der Waals surface area contributed by atoms with E-state index in [2.05, 4.69) is 0 Å². The van der Waals surface area contributed by atoms with Crippen LogP contribution in [0.3, 0.4) is 0 Å². The molecule has 0 radical (unpaired) electrons. The minimum atomic E-state index is -3.17. The lowest BCUT2D eigenvalue weighted by atomic mass is 10.0. The standard InChI is InChI=1S/C9H11F2NO/c10-9(11,8(12)6-13)7-4-2-1-3-5-7/h1-5,8,13H,6,12H2/t8-/m0/s1. The van der Waals surface area contributed by atoms with Crippen molar-refractivity contribution in [3.05, 3.63) is 35.9 Å². The highest BCUT2D eigenvalue weighted by atomic mass is 19.3. The Labute approximate surface area is 75.0 Å². The summed E-state index contributed by atoms with van der Waals surface area (Å²) in [5, 5.41) is 8.53. The number of alkyl halides is 2. The average Bonchev–Trinajstić information content (AvgIpc) is 2.18. The van der Waals surface area contributed by atoms with Gasteiger partial charge < -0.3 is 10.8 Å². The van der Waals surface area contributed by atoms with E-state index in [1.165, 1.54) is 24.3 Å². The van der Waals surface area contributed by atoms with Gasteiger partial charge in [-0.25, -0.2) is 0 Å². The van der Waals surface area contributed by atoms with Crippen molar-refractivity contribution in [1.29, 1.82) is 0 Å². The Kier molecular flexibility index (Phi) is 2.95. The molecule has 0 spiro atoms. The van der Waals surface area contributed by atoms with Crippen LogP contribution in [0, 0.1) is 0 Å². The quantitative estimate of drug-likeness (QED) is 0.744. The molecule has 1 atom stereocenters. The monoisotopic (exact) mass is 187 g/mol. The first-order valence-electron chi connectivity index (χ1n) is 3.89. The summed E-state index contributed by atoms with van der Waals surface area (Å²) in [7, 11) is 0. The molecule has 4 heteroatoms. The van der Waals surface area contributed by atoms with E-state index < -0.39 is 18.6 Å². The van der Waals surface area contributed by atoms with Crippen molar-refractivity contribution in [3.63, 3.8) is 0 Å². The maximum absolute atomic E-state index is 13.3. The molecule has 1 aromatic rings. The van der Waals surface area contributed by atoms with Gasteiger partial charge in [0, 0.05) is 5.56 Å². The zero-order valence-electron chi connectivity index (χ0n) is 6.95. The second kappa shape index (κ2) is 3.81. The fourth-order valence-corrected chi connectivity index (χ4v) is 0.989. The number of hydrogen-bond acceptors (Lipinski definition) is 2. The topological polar surface area (TPSA) is 46.2 Å². The van der Waals surface area contributed by atoms with E-state index in [4.69, 9.17) is 10.8 Å². The van der Waals surface area contributed by atoms with Gasteiger partial charge in [0.15, 0.2) is 0 Å². The van der Waals surface area contributed by atoms with Gasteiger partial charge in [-0.1, -0.05) is 30.3 Å². The van der Waals surface area contributed by atoms with Crippen molar-refractivity contribution in [3.8, 4) is 0 Å². The smallest absolute Gasteiger partial charge is 0.290 e. The van der Waals surface area contributed by atoms with Crippen LogP contribution < -0.4 is 5.73 Å². The van der Waals surface area contributed by atoms with Crippen molar-refractivity contribution in [2.75, 3.05) is 6.61 Å². The number of nitrogens with two attached hydrogens (primary N) is 1. The molecule has 0 unspecified atom stereocenters. The van der Waals surface area contributed by atoms with Crippen LogP contribution in [0.5, 0.6) is 0 Å². The molecule has 1 rings (SSSR count). The molecule has 0 bridgehead atoms. The van der Waals surface area contributed by atoms with Crippen LogP contribution in [0.15, 0.2) is 30.3 Å². The van der Waals surface area contributed by atoms with Gasteiger partial charge in [-0.15, -0.1) is 0 Å². The normalized spacial score (nSPS) is 14.2. The van der Waals surface area contributed by atoms with E-state index in [0.29, 0.717) is 0 Å². The molecular formula is C9H11F2NO. The molecule has 0 aliphatic rings. The molecule has 0 fully saturated rings. The Bertz CT molecular complexity index is 264. The molecule has 0 heterocycles. The molecule has 0 aromatic heterocycles. The summed E-state index contributed by atoms with van der Waals surface area (Å²) < 4.78 is 26.5. The van der Waals surface area contributed by atoms with E-state index in [0.717, 1.165) is 0 Å². The SMILES string of the molecule is N[C@@H](CO)C(F)(F)c1ccccc1. The molecule has 1 aromatic carbocycles. The van der Waals surface area contributed by atoms with E-state index in [-0.39, 0.29) is 5.56 Å². The van der Waals surface area contributed by atoms with Crippen molar-refractivity contribution in [2.45, 2.75) is 12.0 Å². The third kappa shape index (κ3) is 2.02. The number of aliphatic hydroxyl groups is 1. The number of rotatable bonds is 3.